The highest BCUT2D eigenvalue weighted by Crippen LogP contribution is 2.40. The lowest BCUT2D eigenvalue weighted by atomic mass is 10.0. The number of aromatic nitrogens is 1. The molecule has 0 N–H and O–H groups in total. The second kappa shape index (κ2) is 5.28. The molecule has 0 spiro atoms. The van der Waals surface area contributed by atoms with Crippen molar-refractivity contribution in [3.8, 4) is 0 Å². The van der Waals surface area contributed by atoms with Gasteiger partial charge in [0, 0.05) is 48.0 Å². The van der Waals surface area contributed by atoms with Crippen LogP contribution in [0.3, 0.4) is 0 Å². The third kappa shape index (κ3) is 2.16. The molecule has 1 aliphatic rings. The standard InChI is InChI=1S/C18H19F3N2O/c1-3-22-8-7-13-12(10-22)17-11-9-16(18(19,20)21)24-15(11)6-5-14(17)23(13)4-2/h5-6,9H,3-4,7-8,10H2,1-2H3. The highest BCUT2D eigenvalue weighted by atomic mass is 19.4. The van der Waals surface area contributed by atoms with Crippen molar-refractivity contribution in [1.82, 2.24) is 9.47 Å². The molecule has 0 fully saturated rings. The van der Waals surface area contributed by atoms with E-state index in [1.807, 2.05) is 6.07 Å². The van der Waals surface area contributed by atoms with Crippen molar-refractivity contribution in [2.75, 3.05) is 13.1 Å². The summed E-state index contributed by atoms with van der Waals surface area (Å²) in [7, 11) is 0. The van der Waals surface area contributed by atoms with E-state index in [1.165, 1.54) is 5.69 Å². The van der Waals surface area contributed by atoms with E-state index in [4.69, 9.17) is 4.42 Å². The number of nitrogens with zero attached hydrogens (tertiary/aromatic N) is 2. The van der Waals surface area contributed by atoms with E-state index in [0.29, 0.717) is 11.0 Å². The van der Waals surface area contributed by atoms with Crippen LogP contribution in [-0.4, -0.2) is 22.6 Å². The maximum Gasteiger partial charge on any atom is 0.449 e. The van der Waals surface area contributed by atoms with Gasteiger partial charge in [-0.2, -0.15) is 13.2 Å². The summed E-state index contributed by atoms with van der Waals surface area (Å²) >= 11 is 0. The first-order valence-electron chi connectivity index (χ1n) is 8.30. The minimum atomic E-state index is -4.46. The Morgan fingerprint density at radius 3 is 2.62 bits per heavy atom. The van der Waals surface area contributed by atoms with E-state index in [2.05, 4.69) is 23.3 Å². The summed E-state index contributed by atoms with van der Waals surface area (Å²) in [5, 5.41) is 1.49. The molecule has 1 aliphatic heterocycles. The van der Waals surface area contributed by atoms with Crippen LogP contribution in [0.4, 0.5) is 13.2 Å². The monoisotopic (exact) mass is 336 g/mol. The van der Waals surface area contributed by atoms with Gasteiger partial charge in [0.2, 0.25) is 5.76 Å². The molecule has 24 heavy (non-hydrogen) atoms. The molecule has 0 bridgehead atoms. The second-order valence-corrected chi connectivity index (χ2v) is 6.27. The summed E-state index contributed by atoms with van der Waals surface area (Å²) in [5.41, 5.74) is 3.71. The van der Waals surface area contributed by atoms with Gasteiger partial charge in [-0.25, -0.2) is 0 Å². The van der Waals surface area contributed by atoms with Crippen LogP contribution in [-0.2, 0) is 25.7 Å². The number of hydrogen-bond acceptors (Lipinski definition) is 2. The third-order valence-corrected chi connectivity index (χ3v) is 5.03. The van der Waals surface area contributed by atoms with E-state index >= 15 is 0 Å². The van der Waals surface area contributed by atoms with E-state index in [1.54, 1.807) is 6.07 Å². The number of alkyl halides is 3. The zero-order valence-electron chi connectivity index (χ0n) is 13.7. The number of likely N-dealkylation sites (N-methyl/N-ethyl adjacent to an activating group) is 1. The molecule has 128 valence electrons. The Morgan fingerprint density at radius 1 is 1.17 bits per heavy atom. The average Bonchev–Trinajstić information content (AvgIpc) is 3.12. The molecule has 0 amide bonds. The van der Waals surface area contributed by atoms with Gasteiger partial charge in [-0.1, -0.05) is 6.92 Å². The molecule has 0 saturated carbocycles. The van der Waals surface area contributed by atoms with Gasteiger partial charge < -0.3 is 8.98 Å². The number of halogens is 3. The summed E-state index contributed by atoms with van der Waals surface area (Å²) < 4.78 is 46.5. The maximum absolute atomic E-state index is 13.0. The first-order chi connectivity index (χ1) is 11.4. The summed E-state index contributed by atoms with van der Waals surface area (Å²) in [6, 6.07) is 4.70. The molecule has 0 aliphatic carbocycles. The Bertz CT molecular complexity index is 920. The Labute approximate surface area is 137 Å². The van der Waals surface area contributed by atoms with Crippen molar-refractivity contribution in [1.29, 1.82) is 0 Å². The fourth-order valence-electron chi connectivity index (χ4n) is 3.89. The molecule has 3 heterocycles. The lowest BCUT2D eigenvalue weighted by Crippen LogP contribution is -2.30. The molecule has 3 aromatic rings. The molecular formula is C18H19F3N2O. The quantitative estimate of drug-likeness (QED) is 0.670. The average molecular weight is 336 g/mol. The molecule has 4 rings (SSSR count). The van der Waals surface area contributed by atoms with Gasteiger partial charge in [-0.05, 0) is 37.2 Å². The van der Waals surface area contributed by atoms with Gasteiger partial charge in [-0.15, -0.1) is 0 Å². The van der Waals surface area contributed by atoms with Crippen molar-refractivity contribution in [3.05, 3.63) is 35.2 Å². The van der Waals surface area contributed by atoms with Crippen LogP contribution in [0.15, 0.2) is 22.6 Å². The molecule has 2 aromatic heterocycles. The minimum absolute atomic E-state index is 0.305. The Morgan fingerprint density at radius 2 is 1.96 bits per heavy atom. The van der Waals surface area contributed by atoms with Crippen LogP contribution in [0.25, 0.3) is 21.9 Å². The topological polar surface area (TPSA) is 21.3 Å². The highest BCUT2D eigenvalue weighted by molar-refractivity contribution is 6.08. The van der Waals surface area contributed by atoms with Gasteiger partial charge in [-0.3, -0.25) is 4.90 Å². The molecule has 0 radical (unpaired) electrons. The first kappa shape index (κ1) is 15.6. The third-order valence-electron chi connectivity index (χ3n) is 5.03. The highest BCUT2D eigenvalue weighted by Gasteiger charge is 2.36. The fraction of sp³-hybridized carbons (Fsp3) is 0.444. The lowest BCUT2D eigenvalue weighted by Gasteiger charge is -2.26. The van der Waals surface area contributed by atoms with E-state index in [9.17, 15) is 13.2 Å². The molecule has 6 heteroatoms. The van der Waals surface area contributed by atoms with E-state index in [0.717, 1.165) is 55.1 Å². The van der Waals surface area contributed by atoms with Crippen LogP contribution in [0.1, 0.15) is 30.9 Å². The lowest BCUT2D eigenvalue weighted by molar-refractivity contribution is -0.152. The van der Waals surface area contributed by atoms with Gasteiger partial charge in [0.05, 0.1) is 0 Å². The minimum Gasteiger partial charge on any atom is -0.451 e. The van der Waals surface area contributed by atoms with Crippen molar-refractivity contribution in [3.63, 3.8) is 0 Å². The van der Waals surface area contributed by atoms with Crippen LogP contribution >= 0.6 is 0 Å². The molecular weight excluding hydrogens is 317 g/mol. The summed E-state index contributed by atoms with van der Waals surface area (Å²) in [6.07, 6.45) is -3.54. The van der Waals surface area contributed by atoms with Gasteiger partial charge in [0.25, 0.3) is 0 Å². The van der Waals surface area contributed by atoms with Gasteiger partial charge in [0.15, 0.2) is 0 Å². The number of fused-ring (bicyclic) bond motifs is 5. The van der Waals surface area contributed by atoms with E-state index in [-0.39, 0.29) is 0 Å². The molecule has 0 saturated heterocycles. The SMILES string of the molecule is CCN1CCc2c(c3c4cc(C(F)(F)F)oc4ccc3n2CC)C1. The fourth-order valence-corrected chi connectivity index (χ4v) is 3.89. The Kier molecular flexibility index (Phi) is 3.42. The zero-order chi connectivity index (χ0) is 17.1. The Balaban J connectivity index is 2.04. The van der Waals surface area contributed by atoms with Crippen molar-refractivity contribution >= 4 is 21.9 Å². The van der Waals surface area contributed by atoms with Crippen LogP contribution in [0.2, 0.25) is 0 Å². The molecule has 0 unspecified atom stereocenters. The normalized spacial score (nSPS) is 16.2. The number of aryl methyl sites for hydroxylation is 1. The molecule has 3 nitrogen and oxygen atoms in total. The van der Waals surface area contributed by atoms with E-state index < -0.39 is 11.9 Å². The summed E-state index contributed by atoms with van der Waals surface area (Å²) in [4.78, 5) is 2.32. The number of benzene rings is 1. The summed E-state index contributed by atoms with van der Waals surface area (Å²) in [5.74, 6) is -0.925. The maximum atomic E-state index is 13.0. The largest absolute Gasteiger partial charge is 0.451 e. The Hall–Kier alpha value is -1.95. The van der Waals surface area contributed by atoms with Crippen LogP contribution < -0.4 is 0 Å². The second-order valence-electron chi connectivity index (χ2n) is 6.27. The number of rotatable bonds is 2. The zero-order valence-corrected chi connectivity index (χ0v) is 13.7. The number of hydrogen-bond donors (Lipinski definition) is 0. The molecule has 0 atom stereocenters. The summed E-state index contributed by atoms with van der Waals surface area (Å²) in [6.45, 7) is 7.70. The predicted octanol–water partition coefficient (Wildman–Crippen LogP) is 4.80. The smallest absolute Gasteiger partial charge is 0.449 e. The van der Waals surface area contributed by atoms with Crippen LogP contribution in [0, 0.1) is 0 Å². The first-order valence-corrected chi connectivity index (χ1v) is 8.30. The van der Waals surface area contributed by atoms with Crippen molar-refractivity contribution < 1.29 is 17.6 Å². The van der Waals surface area contributed by atoms with Crippen LogP contribution in [0.5, 0.6) is 0 Å². The van der Waals surface area contributed by atoms with Crippen molar-refractivity contribution in [2.45, 2.75) is 39.5 Å². The van der Waals surface area contributed by atoms with Crippen molar-refractivity contribution in [2.24, 2.45) is 0 Å². The predicted molar refractivity (Wildman–Crippen MR) is 87.0 cm³/mol. The molecule has 1 aromatic carbocycles. The van der Waals surface area contributed by atoms with Gasteiger partial charge in [0.1, 0.15) is 5.58 Å². The number of furan rings is 1. The van der Waals surface area contributed by atoms with Gasteiger partial charge >= 0.3 is 6.18 Å².